The van der Waals surface area contributed by atoms with Gasteiger partial charge in [0.15, 0.2) is 0 Å². The summed E-state index contributed by atoms with van der Waals surface area (Å²) in [4.78, 5) is 4.35. The number of aromatic nitrogens is 2. The molecule has 2 aromatic heterocycles. The number of hydrogen-bond donors (Lipinski definition) is 0. The van der Waals surface area contributed by atoms with Crippen molar-refractivity contribution in [3.8, 4) is 0 Å². The van der Waals surface area contributed by atoms with Crippen molar-refractivity contribution in [1.82, 2.24) is 9.55 Å². The minimum Gasteiger partial charge on any atom is -0.444 e. The van der Waals surface area contributed by atoms with Gasteiger partial charge in [-0.1, -0.05) is 0 Å². The fourth-order valence-corrected chi connectivity index (χ4v) is 2.06. The Morgan fingerprint density at radius 3 is 2.83 bits per heavy atom. The molecule has 4 heteroatoms. The number of rotatable bonds is 2. The lowest BCUT2D eigenvalue weighted by molar-refractivity contribution is 0.459. The Morgan fingerprint density at radius 1 is 1.28 bits per heavy atom. The number of oxazole rings is 1. The van der Waals surface area contributed by atoms with Crippen molar-refractivity contribution >= 4 is 10.9 Å². The highest BCUT2D eigenvalue weighted by Gasteiger charge is 2.08. The second-order valence-corrected chi connectivity index (χ2v) is 4.40. The average Bonchev–Trinajstić information content (AvgIpc) is 2.84. The highest BCUT2D eigenvalue weighted by molar-refractivity contribution is 5.80. The summed E-state index contributed by atoms with van der Waals surface area (Å²) < 4.78 is 20.6. The van der Waals surface area contributed by atoms with Crippen LogP contribution in [-0.4, -0.2) is 9.55 Å². The van der Waals surface area contributed by atoms with E-state index in [1.807, 2.05) is 30.7 Å². The first-order valence-electron chi connectivity index (χ1n) is 5.81. The molecule has 0 amide bonds. The first-order valence-corrected chi connectivity index (χ1v) is 5.81. The van der Waals surface area contributed by atoms with Gasteiger partial charge in [-0.2, -0.15) is 0 Å². The molecule has 3 nitrogen and oxygen atoms in total. The number of benzene rings is 1. The smallest absolute Gasteiger partial charge is 0.214 e. The Morgan fingerprint density at radius 2 is 2.11 bits per heavy atom. The van der Waals surface area contributed by atoms with Crippen molar-refractivity contribution in [2.75, 3.05) is 0 Å². The summed E-state index contributed by atoms with van der Waals surface area (Å²) in [5, 5.41) is 0.884. The zero-order chi connectivity index (χ0) is 12.7. The van der Waals surface area contributed by atoms with Crippen LogP contribution in [0.5, 0.6) is 0 Å². The zero-order valence-electron chi connectivity index (χ0n) is 10.3. The van der Waals surface area contributed by atoms with Crippen molar-refractivity contribution in [1.29, 1.82) is 0 Å². The lowest BCUT2D eigenvalue weighted by Gasteiger charge is -2.01. The van der Waals surface area contributed by atoms with Gasteiger partial charge in [0.05, 0.1) is 12.2 Å². The molecule has 3 rings (SSSR count). The fraction of sp³-hybridized carbons (Fsp3) is 0.214. The van der Waals surface area contributed by atoms with Crippen molar-refractivity contribution in [2.45, 2.75) is 20.4 Å². The van der Waals surface area contributed by atoms with E-state index < -0.39 is 0 Å². The molecule has 92 valence electrons. The predicted octanol–water partition coefficient (Wildman–Crippen LogP) is 3.43. The molecule has 0 saturated heterocycles. The van der Waals surface area contributed by atoms with Crippen LogP contribution in [0.15, 0.2) is 34.9 Å². The molecule has 0 N–H and O–H groups in total. The van der Waals surface area contributed by atoms with Gasteiger partial charge < -0.3 is 8.98 Å². The van der Waals surface area contributed by atoms with Gasteiger partial charge in [0.2, 0.25) is 5.89 Å². The molecule has 0 aliphatic rings. The first kappa shape index (κ1) is 11.0. The van der Waals surface area contributed by atoms with Gasteiger partial charge in [-0.05, 0) is 38.1 Å². The van der Waals surface area contributed by atoms with Crippen molar-refractivity contribution in [3.63, 3.8) is 0 Å². The molecule has 3 aromatic rings. The third-order valence-corrected chi connectivity index (χ3v) is 3.11. The summed E-state index contributed by atoms with van der Waals surface area (Å²) in [5.41, 5.74) is 1.89. The van der Waals surface area contributed by atoms with Gasteiger partial charge in [0.25, 0.3) is 0 Å². The average molecular weight is 244 g/mol. The Hall–Kier alpha value is -2.10. The van der Waals surface area contributed by atoms with Crippen LogP contribution in [0.1, 0.15) is 17.3 Å². The highest BCUT2D eigenvalue weighted by Crippen LogP contribution is 2.19. The van der Waals surface area contributed by atoms with Crippen LogP contribution in [0, 0.1) is 19.7 Å². The molecule has 1 aromatic carbocycles. The van der Waals surface area contributed by atoms with E-state index in [1.54, 1.807) is 6.07 Å². The van der Waals surface area contributed by atoms with Crippen LogP contribution < -0.4 is 0 Å². The van der Waals surface area contributed by atoms with E-state index >= 15 is 0 Å². The van der Waals surface area contributed by atoms with Crippen LogP contribution in [0.25, 0.3) is 10.9 Å². The van der Waals surface area contributed by atoms with Crippen molar-refractivity contribution in [2.24, 2.45) is 0 Å². The summed E-state index contributed by atoms with van der Waals surface area (Å²) in [5.74, 6) is 1.29. The second-order valence-electron chi connectivity index (χ2n) is 4.40. The zero-order valence-corrected chi connectivity index (χ0v) is 10.3. The Bertz CT molecular complexity index is 692. The fourth-order valence-electron chi connectivity index (χ4n) is 2.06. The normalized spacial score (nSPS) is 11.3. The molecule has 0 bridgehead atoms. The van der Waals surface area contributed by atoms with Crippen LogP contribution in [0.4, 0.5) is 4.39 Å². The van der Waals surface area contributed by atoms with Gasteiger partial charge in [0, 0.05) is 17.1 Å². The maximum Gasteiger partial charge on any atom is 0.214 e. The van der Waals surface area contributed by atoms with Gasteiger partial charge in [-0.25, -0.2) is 9.37 Å². The number of aryl methyl sites for hydroxylation is 2. The van der Waals surface area contributed by atoms with Gasteiger partial charge >= 0.3 is 0 Å². The van der Waals surface area contributed by atoms with E-state index in [1.165, 1.54) is 12.1 Å². The Balaban J connectivity index is 2.00. The SMILES string of the molecule is Cc1nc(Cn2ccc3cc(F)ccc32)oc1C. The third kappa shape index (κ3) is 1.79. The number of hydrogen-bond acceptors (Lipinski definition) is 2. The van der Waals surface area contributed by atoms with E-state index in [9.17, 15) is 4.39 Å². The molecule has 0 unspecified atom stereocenters. The van der Waals surface area contributed by atoms with E-state index in [2.05, 4.69) is 4.98 Å². The van der Waals surface area contributed by atoms with Crippen LogP contribution in [-0.2, 0) is 6.54 Å². The predicted molar refractivity (Wildman–Crippen MR) is 67.0 cm³/mol. The van der Waals surface area contributed by atoms with Crippen LogP contribution >= 0.6 is 0 Å². The van der Waals surface area contributed by atoms with Crippen LogP contribution in [0.2, 0.25) is 0 Å². The summed E-state index contributed by atoms with van der Waals surface area (Å²) >= 11 is 0. The first-order chi connectivity index (χ1) is 8.63. The third-order valence-electron chi connectivity index (χ3n) is 3.11. The second kappa shape index (κ2) is 3.98. The number of fused-ring (bicyclic) bond motifs is 1. The highest BCUT2D eigenvalue weighted by atomic mass is 19.1. The van der Waals surface area contributed by atoms with Crippen LogP contribution in [0.3, 0.4) is 0 Å². The van der Waals surface area contributed by atoms with E-state index in [4.69, 9.17) is 4.42 Å². The maximum absolute atomic E-state index is 13.1. The molecule has 0 radical (unpaired) electrons. The summed E-state index contributed by atoms with van der Waals surface area (Å²) in [6.07, 6.45) is 1.92. The molecule has 0 spiro atoms. The molecule has 18 heavy (non-hydrogen) atoms. The van der Waals surface area contributed by atoms with E-state index in [0.29, 0.717) is 12.4 Å². The maximum atomic E-state index is 13.1. The monoisotopic (exact) mass is 244 g/mol. The van der Waals surface area contributed by atoms with Gasteiger partial charge in [-0.15, -0.1) is 0 Å². The lowest BCUT2D eigenvalue weighted by Crippen LogP contribution is -1.98. The van der Waals surface area contributed by atoms with Gasteiger partial charge in [0.1, 0.15) is 11.6 Å². The summed E-state index contributed by atoms with van der Waals surface area (Å²) in [6, 6.07) is 6.65. The molecule has 0 fully saturated rings. The molecule has 0 atom stereocenters. The molecular weight excluding hydrogens is 231 g/mol. The molecule has 0 aliphatic carbocycles. The molecule has 0 saturated carbocycles. The van der Waals surface area contributed by atoms with Gasteiger partial charge in [-0.3, -0.25) is 0 Å². The summed E-state index contributed by atoms with van der Waals surface area (Å²) in [6.45, 7) is 4.38. The quantitative estimate of drug-likeness (QED) is 0.691. The minimum atomic E-state index is -0.219. The minimum absolute atomic E-state index is 0.219. The Labute approximate surface area is 104 Å². The van der Waals surface area contributed by atoms with E-state index in [0.717, 1.165) is 22.4 Å². The molecular formula is C14H13FN2O. The number of halogens is 1. The van der Waals surface area contributed by atoms with Crippen molar-refractivity contribution < 1.29 is 8.81 Å². The topological polar surface area (TPSA) is 31.0 Å². The number of nitrogens with zero attached hydrogens (tertiary/aromatic N) is 2. The molecule has 0 aliphatic heterocycles. The molecule has 2 heterocycles. The summed E-state index contributed by atoms with van der Waals surface area (Å²) in [7, 11) is 0. The Kier molecular flexibility index (Phi) is 2.44. The van der Waals surface area contributed by atoms with Crippen molar-refractivity contribution in [3.05, 3.63) is 53.6 Å². The lowest BCUT2D eigenvalue weighted by atomic mass is 10.2. The largest absolute Gasteiger partial charge is 0.444 e. The van der Waals surface area contributed by atoms with E-state index in [-0.39, 0.29) is 5.82 Å². The standard InChI is InChI=1S/C14H13FN2O/c1-9-10(2)18-14(16-9)8-17-6-5-11-7-12(15)3-4-13(11)17/h3-7H,8H2,1-2H3.